The van der Waals surface area contributed by atoms with Crippen molar-refractivity contribution in [2.45, 2.75) is 25.7 Å². The van der Waals surface area contributed by atoms with Crippen LogP contribution in [0.25, 0.3) is 0 Å². The van der Waals surface area contributed by atoms with Crippen LogP contribution in [-0.2, 0) is 9.53 Å². The first-order valence-electron chi connectivity index (χ1n) is 8.42. The average Bonchev–Trinajstić information content (AvgIpc) is 2.49. The van der Waals surface area contributed by atoms with E-state index in [0.717, 1.165) is 31.4 Å². The number of carbonyl (C=O) groups is 2. The van der Waals surface area contributed by atoms with E-state index in [0.29, 0.717) is 24.4 Å². The lowest BCUT2D eigenvalue weighted by Gasteiger charge is -2.24. The number of nitrogens with one attached hydrogen (secondary N) is 2. The molecule has 1 aliphatic carbocycles. The van der Waals surface area contributed by atoms with E-state index in [1.807, 2.05) is 31.1 Å². The van der Waals surface area contributed by atoms with Gasteiger partial charge in [-0.2, -0.15) is 0 Å². The Hall–Kier alpha value is -2.08. The Labute approximate surface area is 143 Å². The van der Waals surface area contributed by atoms with Crippen LogP contribution in [0.1, 0.15) is 36.0 Å². The summed E-state index contributed by atoms with van der Waals surface area (Å²) in [5.74, 6) is 0.0182. The van der Waals surface area contributed by atoms with E-state index in [2.05, 4.69) is 10.6 Å². The van der Waals surface area contributed by atoms with Crippen molar-refractivity contribution in [3.8, 4) is 0 Å². The molecule has 2 N–H and O–H groups in total. The minimum atomic E-state index is -0.144. The van der Waals surface area contributed by atoms with Crippen molar-refractivity contribution in [2.75, 3.05) is 44.6 Å². The van der Waals surface area contributed by atoms with Crippen LogP contribution in [0.15, 0.2) is 18.2 Å². The number of methoxy groups -OCH3 is 1. The molecule has 0 spiro atoms. The summed E-state index contributed by atoms with van der Waals surface area (Å²) < 4.78 is 4.99. The van der Waals surface area contributed by atoms with Crippen molar-refractivity contribution in [1.82, 2.24) is 5.32 Å². The third kappa shape index (κ3) is 4.71. The zero-order valence-corrected chi connectivity index (χ0v) is 14.7. The number of ether oxygens (including phenoxy) is 1. The standard InChI is InChI=1S/C18H27N3O3/c1-21(2)16-9-8-14(20-17(22)13-6-4-7-13)12-15(16)18(23)19-10-5-11-24-3/h8-9,12-13H,4-7,10-11H2,1-3H3,(H,19,23)(H,20,22). The van der Waals surface area contributed by atoms with Gasteiger partial charge in [-0.3, -0.25) is 9.59 Å². The number of hydrogen-bond acceptors (Lipinski definition) is 4. The molecular weight excluding hydrogens is 306 g/mol. The summed E-state index contributed by atoms with van der Waals surface area (Å²) in [6.45, 7) is 1.16. The molecule has 0 unspecified atom stereocenters. The lowest BCUT2D eigenvalue weighted by molar-refractivity contribution is -0.122. The molecule has 1 aliphatic rings. The maximum absolute atomic E-state index is 12.5. The molecule has 24 heavy (non-hydrogen) atoms. The second kappa shape index (κ2) is 8.68. The Balaban J connectivity index is 2.08. The normalized spacial score (nSPS) is 14.0. The van der Waals surface area contributed by atoms with Crippen molar-refractivity contribution >= 4 is 23.2 Å². The van der Waals surface area contributed by atoms with Crippen molar-refractivity contribution in [2.24, 2.45) is 5.92 Å². The van der Waals surface area contributed by atoms with Gasteiger partial charge in [0.2, 0.25) is 5.91 Å². The van der Waals surface area contributed by atoms with Gasteiger partial charge in [-0.25, -0.2) is 0 Å². The van der Waals surface area contributed by atoms with Gasteiger partial charge in [-0.15, -0.1) is 0 Å². The third-order valence-electron chi connectivity index (χ3n) is 4.28. The van der Waals surface area contributed by atoms with Crippen LogP contribution in [0.5, 0.6) is 0 Å². The summed E-state index contributed by atoms with van der Waals surface area (Å²) in [5.41, 5.74) is 2.05. The van der Waals surface area contributed by atoms with Gasteiger partial charge < -0.3 is 20.3 Å². The molecule has 1 aromatic rings. The Morgan fingerprint density at radius 2 is 2.04 bits per heavy atom. The summed E-state index contributed by atoms with van der Waals surface area (Å²) >= 11 is 0. The molecule has 6 nitrogen and oxygen atoms in total. The molecule has 1 fully saturated rings. The first-order valence-corrected chi connectivity index (χ1v) is 8.42. The fourth-order valence-electron chi connectivity index (χ4n) is 2.61. The van der Waals surface area contributed by atoms with Gasteiger partial charge in [-0.1, -0.05) is 6.42 Å². The number of carbonyl (C=O) groups excluding carboxylic acids is 2. The zero-order valence-electron chi connectivity index (χ0n) is 14.7. The minimum Gasteiger partial charge on any atom is -0.385 e. The molecule has 0 aromatic heterocycles. The van der Waals surface area contributed by atoms with E-state index in [1.165, 1.54) is 0 Å². The summed E-state index contributed by atoms with van der Waals surface area (Å²) in [6, 6.07) is 5.45. The Bertz CT molecular complexity index is 583. The number of amides is 2. The quantitative estimate of drug-likeness (QED) is 0.716. The lowest BCUT2D eigenvalue weighted by atomic mass is 9.85. The number of anilines is 2. The van der Waals surface area contributed by atoms with Crippen LogP contribution in [0.2, 0.25) is 0 Å². The monoisotopic (exact) mass is 333 g/mol. The molecule has 1 saturated carbocycles. The number of nitrogens with zero attached hydrogens (tertiary/aromatic N) is 1. The van der Waals surface area contributed by atoms with Crippen molar-refractivity contribution in [3.63, 3.8) is 0 Å². The first kappa shape index (κ1) is 18.3. The van der Waals surface area contributed by atoms with Crippen LogP contribution in [-0.4, -0.2) is 46.2 Å². The SMILES string of the molecule is COCCCNC(=O)c1cc(NC(=O)C2CCC2)ccc1N(C)C. The van der Waals surface area contributed by atoms with Crippen molar-refractivity contribution < 1.29 is 14.3 Å². The molecule has 132 valence electrons. The van der Waals surface area contributed by atoms with Crippen LogP contribution in [0.4, 0.5) is 11.4 Å². The predicted molar refractivity (Wildman–Crippen MR) is 95.6 cm³/mol. The lowest BCUT2D eigenvalue weighted by Crippen LogP contribution is -2.29. The molecule has 6 heteroatoms. The van der Waals surface area contributed by atoms with Gasteiger partial charge in [0.25, 0.3) is 5.91 Å². The molecule has 0 aliphatic heterocycles. The summed E-state index contributed by atoms with van der Waals surface area (Å²) in [7, 11) is 5.42. The molecule has 0 bridgehead atoms. The summed E-state index contributed by atoms with van der Waals surface area (Å²) in [4.78, 5) is 26.5. The Morgan fingerprint density at radius 3 is 2.62 bits per heavy atom. The van der Waals surface area contributed by atoms with Gasteiger partial charge >= 0.3 is 0 Å². The average molecular weight is 333 g/mol. The Kier molecular flexibility index (Phi) is 6.61. The highest BCUT2D eigenvalue weighted by atomic mass is 16.5. The molecule has 0 saturated heterocycles. The fraction of sp³-hybridized carbons (Fsp3) is 0.556. The maximum atomic E-state index is 12.5. The van der Waals surface area contributed by atoms with Gasteiger partial charge in [0.05, 0.1) is 5.56 Å². The van der Waals surface area contributed by atoms with Crippen molar-refractivity contribution in [3.05, 3.63) is 23.8 Å². The van der Waals surface area contributed by atoms with Gasteiger partial charge in [-0.05, 0) is 37.5 Å². The third-order valence-corrected chi connectivity index (χ3v) is 4.28. The highest BCUT2D eigenvalue weighted by molar-refractivity contribution is 6.02. The van der Waals surface area contributed by atoms with E-state index in [9.17, 15) is 9.59 Å². The summed E-state index contributed by atoms with van der Waals surface area (Å²) in [5, 5.41) is 5.82. The molecule has 0 radical (unpaired) electrons. The fourth-order valence-corrected chi connectivity index (χ4v) is 2.61. The smallest absolute Gasteiger partial charge is 0.253 e. The molecule has 2 rings (SSSR count). The molecule has 2 amide bonds. The van der Waals surface area contributed by atoms with Crippen LogP contribution < -0.4 is 15.5 Å². The summed E-state index contributed by atoms with van der Waals surface area (Å²) in [6.07, 6.45) is 3.79. The van der Waals surface area contributed by atoms with E-state index in [4.69, 9.17) is 4.74 Å². The molecular formula is C18H27N3O3. The number of rotatable bonds is 8. The molecule has 0 atom stereocenters. The van der Waals surface area contributed by atoms with Crippen LogP contribution in [0, 0.1) is 5.92 Å². The predicted octanol–water partition coefficient (Wildman–Crippen LogP) is 2.26. The molecule has 1 aromatic carbocycles. The first-order chi connectivity index (χ1) is 11.5. The maximum Gasteiger partial charge on any atom is 0.253 e. The van der Waals surface area contributed by atoms with Crippen LogP contribution in [0.3, 0.4) is 0 Å². The highest BCUT2D eigenvalue weighted by Gasteiger charge is 2.25. The van der Waals surface area contributed by atoms with E-state index < -0.39 is 0 Å². The van der Waals surface area contributed by atoms with Crippen molar-refractivity contribution in [1.29, 1.82) is 0 Å². The molecule has 0 heterocycles. The highest BCUT2D eigenvalue weighted by Crippen LogP contribution is 2.29. The van der Waals surface area contributed by atoms with E-state index in [-0.39, 0.29) is 17.7 Å². The van der Waals surface area contributed by atoms with E-state index >= 15 is 0 Å². The second-order valence-electron chi connectivity index (χ2n) is 6.35. The number of benzene rings is 1. The number of hydrogen-bond donors (Lipinski definition) is 2. The minimum absolute atomic E-state index is 0.0466. The largest absolute Gasteiger partial charge is 0.385 e. The topological polar surface area (TPSA) is 70.7 Å². The van der Waals surface area contributed by atoms with Gasteiger partial charge in [0.15, 0.2) is 0 Å². The second-order valence-corrected chi connectivity index (χ2v) is 6.35. The zero-order chi connectivity index (χ0) is 17.5. The van der Waals surface area contributed by atoms with E-state index in [1.54, 1.807) is 13.2 Å². The Morgan fingerprint density at radius 1 is 1.29 bits per heavy atom. The van der Waals surface area contributed by atoms with Crippen LogP contribution >= 0.6 is 0 Å². The van der Waals surface area contributed by atoms with Gasteiger partial charge in [0.1, 0.15) is 0 Å². The van der Waals surface area contributed by atoms with Gasteiger partial charge in [0, 0.05) is 51.6 Å².